The van der Waals surface area contributed by atoms with Crippen molar-refractivity contribution in [2.45, 2.75) is 25.8 Å². The molecule has 1 aromatic heterocycles. The molecule has 2 aromatic rings. The molecule has 1 aromatic carbocycles. The Kier molecular flexibility index (Phi) is 5.52. The fraction of sp³-hybridized carbons (Fsp3) is 0.278. The molecule has 0 saturated carbocycles. The Morgan fingerprint density at radius 3 is 2.58 bits per heavy atom. The molecule has 1 amide bonds. The lowest BCUT2D eigenvalue weighted by molar-refractivity contribution is -0.149. The lowest BCUT2D eigenvalue weighted by Crippen LogP contribution is -2.51. The highest BCUT2D eigenvalue weighted by atomic mass is 16.5. The second kappa shape index (κ2) is 7.59. The van der Waals surface area contributed by atoms with Crippen LogP contribution in [0.2, 0.25) is 0 Å². The monoisotopic (exact) mass is 327 g/mol. The molecule has 0 aliphatic rings. The third-order valence-corrected chi connectivity index (χ3v) is 3.86. The van der Waals surface area contributed by atoms with Crippen LogP contribution in [-0.4, -0.2) is 34.1 Å². The Hall–Kier alpha value is -2.89. The van der Waals surface area contributed by atoms with Crippen LogP contribution < -0.4 is 5.32 Å². The molecule has 0 saturated heterocycles. The number of esters is 1. The normalized spacial score (nSPS) is 13.5. The fourth-order valence-electron chi connectivity index (χ4n) is 2.16. The van der Waals surface area contributed by atoms with Gasteiger partial charge in [0.15, 0.2) is 0 Å². The molecule has 126 valence electrons. The van der Waals surface area contributed by atoms with Crippen molar-refractivity contribution in [3.63, 3.8) is 0 Å². The summed E-state index contributed by atoms with van der Waals surface area (Å²) in [4.78, 5) is 27.8. The minimum absolute atomic E-state index is 0.344. The number of aromatic nitrogens is 2. The number of benzene rings is 1. The summed E-state index contributed by atoms with van der Waals surface area (Å²) in [5.74, 6) is -0.806. The van der Waals surface area contributed by atoms with Crippen molar-refractivity contribution in [3.05, 3.63) is 54.6 Å². The second-order valence-corrected chi connectivity index (χ2v) is 5.56. The van der Waals surface area contributed by atoms with E-state index in [1.165, 1.54) is 13.2 Å². The van der Waals surface area contributed by atoms with Crippen LogP contribution in [0.3, 0.4) is 0 Å². The molecule has 6 nitrogen and oxygen atoms in total. The van der Waals surface area contributed by atoms with Crippen LogP contribution in [0.25, 0.3) is 11.8 Å². The zero-order chi connectivity index (χ0) is 17.6. The van der Waals surface area contributed by atoms with Crippen molar-refractivity contribution in [2.75, 3.05) is 7.11 Å². The van der Waals surface area contributed by atoms with Gasteiger partial charge in [-0.2, -0.15) is 0 Å². The SMILES string of the molecule is CC[C@](C)(NC(=O)/C=C\c1ccc(-n2ccnc2)cc1)C(=O)OC. The van der Waals surface area contributed by atoms with Gasteiger partial charge < -0.3 is 14.6 Å². The number of hydrogen-bond donors (Lipinski definition) is 1. The van der Waals surface area contributed by atoms with E-state index in [9.17, 15) is 9.59 Å². The topological polar surface area (TPSA) is 73.2 Å². The third kappa shape index (κ3) is 4.10. The first-order chi connectivity index (χ1) is 11.5. The summed E-state index contributed by atoms with van der Waals surface area (Å²) in [5, 5.41) is 2.69. The molecule has 0 unspecified atom stereocenters. The second-order valence-electron chi connectivity index (χ2n) is 5.56. The van der Waals surface area contributed by atoms with Crippen molar-refractivity contribution in [1.29, 1.82) is 0 Å². The predicted molar refractivity (Wildman–Crippen MR) is 91.5 cm³/mol. The van der Waals surface area contributed by atoms with E-state index in [2.05, 4.69) is 10.3 Å². The Balaban J connectivity index is 2.02. The number of rotatable bonds is 6. The summed E-state index contributed by atoms with van der Waals surface area (Å²) < 4.78 is 6.63. The number of nitrogens with one attached hydrogen (secondary N) is 1. The van der Waals surface area contributed by atoms with Crippen molar-refractivity contribution in [2.24, 2.45) is 0 Å². The van der Waals surface area contributed by atoms with Gasteiger partial charge in [-0.1, -0.05) is 19.1 Å². The van der Waals surface area contributed by atoms with Crippen LogP contribution in [0.1, 0.15) is 25.8 Å². The average Bonchev–Trinajstić information content (AvgIpc) is 3.14. The Labute approximate surface area is 141 Å². The molecule has 24 heavy (non-hydrogen) atoms. The first-order valence-electron chi connectivity index (χ1n) is 7.65. The molecule has 1 heterocycles. The predicted octanol–water partition coefficient (Wildman–Crippen LogP) is 2.34. The summed E-state index contributed by atoms with van der Waals surface area (Å²) in [7, 11) is 1.31. The van der Waals surface area contributed by atoms with Gasteiger partial charge in [-0.25, -0.2) is 9.78 Å². The molecular formula is C18H21N3O3. The summed E-state index contributed by atoms with van der Waals surface area (Å²) in [6.07, 6.45) is 8.83. The maximum Gasteiger partial charge on any atom is 0.331 e. The molecular weight excluding hydrogens is 306 g/mol. The first kappa shape index (κ1) is 17.5. The number of carbonyl (C=O) groups is 2. The molecule has 2 rings (SSSR count). The third-order valence-electron chi connectivity index (χ3n) is 3.86. The largest absolute Gasteiger partial charge is 0.467 e. The number of amides is 1. The smallest absolute Gasteiger partial charge is 0.331 e. The molecule has 0 bridgehead atoms. The standard InChI is InChI=1S/C18H21N3O3/c1-4-18(2,17(23)24-3)20-16(22)10-7-14-5-8-15(9-6-14)21-12-11-19-13-21/h5-13H,4H2,1-3H3,(H,20,22)/b10-7-/t18-/m0/s1. The minimum atomic E-state index is -1.03. The molecule has 0 spiro atoms. The number of nitrogens with zero attached hydrogens (tertiary/aromatic N) is 2. The Morgan fingerprint density at radius 1 is 1.33 bits per heavy atom. The van der Waals surface area contributed by atoms with E-state index in [0.717, 1.165) is 11.3 Å². The zero-order valence-electron chi connectivity index (χ0n) is 14.0. The number of imidazole rings is 1. The lowest BCUT2D eigenvalue weighted by atomic mass is 9.99. The number of methoxy groups -OCH3 is 1. The zero-order valence-corrected chi connectivity index (χ0v) is 14.0. The quantitative estimate of drug-likeness (QED) is 0.653. The van der Waals surface area contributed by atoms with E-state index in [-0.39, 0.29) is 5.91 Å². The van der Waals surface area contributed by atoms with E-state index < -0.39 is 11.5 Å². The van der Waals surface area contributed by atoms with Gasteiger partial charge in [-0.15, -0.1) is 0 Å². The van der Waals surface area contributed by atoms with Crippen LogP contribution in [0.5, 0.6) is 0 Å². The van der Waals surface area contributed by atoms with E-state index in [1.807, 2.05) is 42.0 Å². The molecule has 1 atom stereocenters. The van der Waals surface area contributed by atoms with E-state index in [1.54, 1.807) is 25.5 Å². The van der Waals surface area contributed by atoms with Gasteiger partial charge in [-0.3, -0.25) is 4.79 Å². The highest BCUT2D eigenvalue weighted by Crippen LogP contribution is 2.13. The van der Waals surface area contributed by atoms with Crippen molar-refractivity contribution < 1.29 is 14.3 Å². The first-order valence-corrected chi connectivity index (χ1v) is 7.65. The van der Waals surface area contributed by atoms with Crippen LogP contribution in [0.15, 0.2) is 49.1 Å². The van der Waals surface area contributed by atoms with Gasteiger partial charge in [-0.05, 0) is 37.1 Å². The Bertz CT molecular complexity index is 720. The maximum atomic E-state index is 12.0. The van der Waals surface area contributed by atoms with Crippen molar-refractivity contribution in [1.82, 2.24) is 14.9 Å². The van der Waals surface area contributed by atoms with Crippen molar-refractivity contribution in [3.8, 4) is 5.69 Å². The number of hydrogen-bond acceptors (Lipinski definition) is 4. The summed E-state index contributed by atoms with van der Waals surface area (Å²) in [6, 6.07) is 7.67. The highest BCUT2D eigenvalue weighted by Gasteiger charge is 2.33. The molecule has 0 aliphatic heterocycles. The molecule has 6 heteroatoms. The maximum absolute atomic E-state index is 12.0. The van der Waals surface area contributed by atoms with Gasteiger partial charge in [0.25, 0.3) is 0 Å². The lowest BCUT2D eigenvalue weighted by Gasteiger charge is -2.25. The van der Waals surface area contributed by atoms with Crippen LogP contribution in [0, 0.1) is 0 Å². The van der Waals surface area contributed by atoms with Crippen molar-refractivity contribution >= 4 is 18.0 Å². The molecule has 1 N–H and O–H groups in total. The van der Waals surface area contributed by atoms with Crippen LogP contribution in [-0.2, 0) is 14.3 Å². The van der Waals surface area contributed by atoms with Gasteiger partial charge in [0.2, 0.25) is 5.91 Å². The highest BCUT2D eigenvalue weighted by molar-refractivity contribution is 5.96. The average molecular weight is 327 g/mol. The molecule has 0 radical (unpaired) electrons. The summed E-state index contributed by atoms with van der Waals surface area (Å²) >= 11 is 0. The minimum Gasteiger partial charge on any atom is -0.467 e. The van der Waals surface area contributed by atoms with E-state index in [0.29, 0.717) is 6.42 Å². The van der Waals surface area contributed by atoms with E-state index >= 15 is 0 Å². The molecule has 0 aliphatic carbocycles. The van der Waals surface area contributed by atoms with Gasteiger partial charge in [0.05, 0.1) is 13.4 Å². The molecule has 0 fully saturated rings. The van der Waals surface area contributed by atoms with Gasteiger partial charge in [0.1, 0.15) is 5.54 Å². The summed E-state index contributed by atoms with van der Waals surface area (Å²) in [6.45, 7) is 3.46. The van der Waals surface area contributed by atoms with Gasteiger partial charge >= 0.3 is 5.97 Å². The van der Waals surface area contributed by atoms with E-state index in [4.69, 9.17) is 4.74 Å². The summed E-state index contributed by atoms with van der Waals surface area (Å²) in [5.41, 5.74) is 0.838. The van der Waals surface area contributed by atoms with Crippen LogP contribution in [0.4, 0.5) is 0 Å². The Morgan fingerprint density at radius 2 is 2.04 bits per heavy atom. The number of ether oxygens (including phenoxy) is 1. The fourth-order valence-corrected chi connectivity index (χ4v) is 2.16. The van der Waals surface area contributed by atoms with Gasteiger partial charge in [0, 0.05) is 24.2 Å². The van der Waals surface area contributed by atoms with Crippen LogP contribution >= 0.6 is 0 Å². The number of carbonyl (C=O) groups excluding carboxylic acids is 2.